The van der Waals surface area contributed by atoms with E-state index < -0.39 is 5.60 Å². The van der Waals surface area contributed by atoms with Gasteiger partial charge >= 0.3 is 6.09 Å². The van der Waals surface area contributed by atoms with E-state index in [-0.39, 0.29) is 17.7 Å². The van der Waals surface area contributed by atoms with Crippen molar-refractivity contribution in [1.82, 2.24) is 15.2 Å². The van der Waals surface area contributed by atoms with E-state index in [1.165, 1.54) is 0 Å². The number of hydrogen-bond acceptors (Lipinski definition) is 4. The first-order valence-corrected chi connectivity index (χ1v) is 8.92. The molecule has 0 aromatic carbocycles. The van der Waals surface area contributed by atoms with Gasteiger partial charge in [0, 0.05) is 18.6 Å². The average Bonchev–Trinajstić information content (AvgIpc) is 3.14. The lowest BCUT2D eigenvalue weighted by molar-refractivity contribution is 0.0136. The zero-order valence-corrected chi connectivity index (χ0v) is 15.9. The summed E-state index contributed by atoms with van der Waals surface area (Å²) in [5.74, 6) is 0. The quantitative estimate of drug-likeness (QED) is 0.724. The van der Waals surface area contributed by atoms with Crippen LogP contribution in [0, 0.1) is 0 Å². The molecule has 3 rings (SSSR count). The van der Waals surface area contributed by atoms with Gasteiger partial charge in [-0.1, -0.05) is 11.6 Å². The fourth-order valence-corrected chi connectivity index (χ4v) is 3.68. The largest absolute Gasteiger partial charge is 0.444 e. The Bertz CT molecular complexity index is 608. The van der Waals surface area contributed by atoms with E-state index in [0.717, 1.165) is 18.4 Å². The molecule has 126 valence electrons. The number of amides is 1. The van der Waals surface area contributed by atoms with Gasteiger partial charge in [0.1, 0.15) is 15.4 Å². The second-order valence-corrected chi connectivity index (χ2v) is 8.58. The first-order valence-electron chi connectivity index (χ1n) is 7.74. The van der Waals surface area contributed by atoms with E-state index in [1.54, 1.807) is 0 Å². The molecule has 0 bridgehead atoms. The summed E-state index contributed by atoms with van der Waals surface area (Å²) in [6.07, 6.45) is 1.89. The highest BCUT2D eigenvalue weighted by Gasteiger charge is 2.50. The molecule has 0 radical (unpaired) electrons. The summed E-state index contributed by atoms with van der Waals surface area (Å²) in [7, 11) is 0. The molecular formula is C16H21BrClN3O2. The molecule has 2 fully saturated rings. The highest BCUT2D eigenvalue weighted by Crippen LogP contribution is 2.42. The van der Waals surface area contributed by atoms with Gasteiger partial charge in [0.2, 0.25) is 0 Å². The third-order valence-electron chi connectivity index (χ3n) is 4.07. The first kappa shape index (κ1) is 17.0. The fraction of sp³-hybridized carbons (Fsp3) is 0.625. The monoisotopic (exact) mass is 401 g/mol. The number of nitrogens with zero attached hydrogens (tertiary/aromatic N) is 2. The van der Waals surface area contributed by atoms with E-state index in [2.05, 4.69) is 26.2 Å². The molecule has 2 heterocycles. The smallest absolute Gasteiger partial charge is 0.410 e. The predicted molar refractivity (Wildman–Crippen MR) is 92.6 cm³/mol. The van der Waals surface area contributed by atoms with Crippen LogP contribution >= 0.6 is 27.5 Å². The number of nitrogens with one attached hydrogen (secondary N) is 1. The maximum absolute atomic E-state index is 12.5. The van der Waals surface area contributed by atoms with Crippen LogP contribution in [0.25, 0.3) is 0 Å². The molecule has 1 amide bonds. The Hall–Kier alpha value is -0.850. The summed E-state index contributed by atoms with van der Waals surface area (Å²) >= 11 is 9.45. The molecule has 1 saturated heterocycles. The number of rotatable bonds is 1. The van der Waals surface area contributed by atoms with Crippen LogP contribution in [0.15, 0.2) is 16.7 Å². The third-order valence-corrected chi connectivity index (χ3v) is 4.67. The predicted octanol–water partition coefficient (Wildman–Crippen LogP) is 3.91. The standard InChI is InChI=1S/C16H21BrClN3O2/c1-15(2,3)23-14(22)21-8-11(20-16(9-21)4-5-16)10-6-12(17)19-13(18)7-10/h6-7,11,20H,4-5,8-9H2,1-3H3. The van der Waals surface area contributed by atoms with Crippen molar-refractivity contribution < 1.29 is 9.53 Å². The zero-order valence-electron chi connectivity index (χ0n) is 13.5. The van der Waals surface area contributed by atoms with Crippen molar-refractivity contribution in [3.8, 4) is 0 Å². The first-order chi connectivity index (χ1) is 10.7. The molecule has 1 atom stereocenters. The van der Waals surface area contributed by atoms with Crippen molar-refractivity contribution in [2.75, 3.05) is 13.1 Å². The SMILES string of the molecule is CC(C)(C)OC(=O)N1CC(c2cc(Cl)nc(Br)c2)NC2(CC2)C1. The lowest BCUT2D eigenvalue weighted by atomic mass is 10.0. The number of pyridine rings is 1. The van der Waals surface area contributed by atoms with E-state index in [1.807, 2.05) is 37.8 Å². The van der Waals surface area contributed by atoms with Crippen LogP contribution < -0.4 is 5.32 Å². The summed E-state index contributed by atoms with van der Waals surface area (Å²) in [6, 6.07) is 3.81. The lowest BCUT2D eigenvalue weighted by Gasteiger charge is -2.40. The van der Waals surface area contributed by atoms with E-state index in [4.69, 9.17) is 16.3 Å². The number of halogens is 2. The molecule has 1 N–H and O–H groups in total. The van der Waals surface area contributed by atoms with Gasteiger partial charge in [0.05, 0.1) is 6.04 Å². The van der Waals surface area contributed by atoms with Gasteiger partial charge in [-0.25, -0.2) is 9.78 Å². The minimum atomic E-state index is -0.489. The van der Waals surface area contributed by atoms with Crippen LogP contribution in [-0.4, -0.2) is 40.2 Å². The van der Waals surface area contributed by atoms with Gasteiger partial charge in [-0.3, -0.25) is 0 Å². The van der Waals surface area contributed by atoms with Crippen LogP contribution in [0.4, 0.5) is 4.79 Å². The third kappa shape index (κ3) is 4.17. The summed E-state index contributed by atoms with van der Waals surface area (Å²) < 4.78 is 6.24. The zero-order chi connectivity index (χ0) is 16.8. The normalized spacial score (nSPS) is 23.0. The van der Waals surface area contributed by atoms with Gasteiger partial charge in [-0.15, -0.1) is 0 Å². The van der Waals surface area contributed by atoms with E-state index >= 15 is 0 Å². The molecular weight excluding hydrogens is 382 g/mol. The van der Waals surface area contributed by atoms with Crippen molar-refractivity contribution in [2.24, 2.45) is 0 Å². The molecule has 1 aliphatic heterocycles. The maximum Gasteiger partial charge on any atom is 0.410 e. The van der Waals surface area contributed by atoms with Gasteiger partial charge in [-0.2, -0.15) is 0 Å². The number of carbonyl (C=O) groups excluding carboxylic acids is 1. The molecule has 23 heavy (non-hydrogen) atoms. The molecule has 2 aliphatic rings. The molecule has 1 unspecified atom stereocenters. The van der Waals surface area contributed by atoms with Crippen LogP contribution in [-0.2, 0) is 4.74 Å². The Kier molecular flexibility index (Phi) is 4.36. The van der Waals surface area contributed by atoms with Gasteiger partial charge in [-0.05, 0) is 67.2 Å². The van der Waals surface area contributed by atoms with Crippen LogP contribution in [0.3, 0.4) is 0 Å². The van der Waals surface area contributed by atoms with Gasteiger partial charge < -0.3 is 15.0 Å². The second kappa shape index (κ2) is 5.90. The van der Waals surface area contributed by atoms with Crippen molar-refractivity contribution >= 4 is 33.6 Å². The number of carbonyl (C=O) groups is 1. The summed E-state index contributed by atoms with van der Waals surface area (Å²) in [6.45, 7) is 6.91. The highest BCUT2D eigenvalue weighted by atomic mass is 79.9. The summed E-state index contributed by atoms with van der Waals surface area (Å²) in [5, 5.41) is 4.11. The average molecular weight is 403 g/mol. The van der Waals surface area contributed by atoms with E-state index in [0.29, 0.717) is 22.8 Å². The highest BCUT2D eigenvalue weighted by molar-refractivity contribution is 9.10. The van der Waals surface area contributed by atoms with Crippen LogP contribution in [0.5, 0.6) is 0 Å². The molecule has 1 saturated carbocycles. The van der Waals surface area contributed by atoms with Crippen molar-refractivity contribution in [3.63, 3.8) is 0 Å². The van der Waals surface area contributed by atoms with Gasteiger partial charge in [0.25, 0.3) is 0 Å². The number of ether oxygens (including phenoxy) is 1. The Morgan fingerprint density at radius 2 is 2.17 bits per heavy atom. The molecule has 1 aliphatic carbocycles. The Balaban J connectivity index is 1.81. The van der Waals surface area contributed by atoms with Crippen molar-refractivity contribution in [3.05, 3.63) is 27.5 Å². The van der Waals surface area contributed by atoms with Crippen LogP contribution in [0.1, 0.15) is 45.2 Å². The van der Waals surface area contributed by atoms with Gasteiger partial charge in [0.15, 0.2) is 0 Å². The van der Waals surface area contributed by atoms with E-state index in [9.17, 15) is 4.79 Å². The fourth-order valence-electron chi connectivity index (χ4n) is 2.90. The molecule has 1 spiro atoms. The molecule has 7 heteroatoms. The summed E-state index contributed by atoms with van der Waals surface area (Å²) in [4.78, 5) is 18.4. The number of hydrogen-bond donors (Lipinski definition) is 1. The lowest BCUT2D eigenvalue weighted by Crippen LogP contribution is -2.56. The molecule has 1 aromatic rings. The number of aromatic nitrogens is 1. The topological polar surface area (TPSA) is 54.5 Å². The van der Waals surface area contributed by atoms with Crippen molar-refractivity contribution in [2.45, 2.75) is 50.8 Å². The maximum atomic E-state index is 12.5. The van der Waals surface area contributed by atoms with Crippen LogP contribution in [0.2, 0.25) is 5.15 Å². The Morgan fingerprint density at radius 3 is 2.74 bits per heavy atom. The minimum Gasteiger partial charge on any atom is -0.444 e. The molecule has 5 nitrogen and oxygen atoms in total. The second-order valence-electron chi connectivity index (χ2n) is 7.38. The minimum absolute atomic E-state index is 0.0159. The Morgan fingerprint density at radius 1 is 1.48 bits per heavy atom. The molecule has 1 aromatic heterocycles. The van der Waals surface area contributed by atoms with Crippen molar-refractivity contribution in [1.29, 1.82) is 0 Å². The Labute approximate surface area is 149 Å². The number of piperazine rings is 1. The summed E-state index contributed by atoms with van der Waals surface area (Å²) in [5.41, 5.74) is 0.551.